The number of quaternary nitrogens is 1. The molecule has 0 amide bonds. The first kappa shape index (κ1) is 11.2. The van der Waals surface area contributed by atoms with Crippen LogP contribution >= 0.6 is 0 Å². The number of likely N-dealkylation sites (N-methyl/N-ethyl adjacent to an activating group) is 1. The molecule has 1 rings (SSSR count). The van der Waals surface area contributed by atoms with Gasteiger partial charge < -0.3 is 4.48 Å². The van der Waals surface area contributed by atoms with E-state index in [0.717, 1.165) is 23.3 Å². The Labute approximate surface area is 86.1 Å². The van der Waals surface area contributed by atoms with Crippen molar-refractivity contribution in [1.29, 1.82) is 0 Å². The molecule has 0 fully saturated rings. The standard InChI is InChI=1S/C10H21N4/c1-5-14(4,6-2)8-7-13-9-10(3)11-12-13/h9H,5-8H2,1-4H3/q+1. The summed E-state index contributed by atoms with van der Waals surface area (Å²) >= 11 is 0. The van der Waals surface area contributed by atoms with Crippen LogP contribution in [0, 0.1) is 6.92 Å². The van der Waals surface area contributed by atoms with Gasteiger partial charge in [0.2, 0.25) is 0 Å². The van der Waals surface area contributed by atoms with Crippen molar-refractivity contribution < 1.29 is 4.48 Å². The van der Waals surface area contributed by atoms with Crippen molar-refractivity contribution in [2.24, 2.45) is 0 Å². The summed E-state index contributed by atoms with van der Waals surface area (Å²) in [5.41, 5.74) is 0.993. The average molecular weight is 197 g/mol. The van der Waals surface area contributed by atoms with Crippen LogP contribution in [0.3, 0.4) is 0 Å². The van der Waals surface area contributed by atoms with E-state index in [1.165, 1.54) is 13.1 Å². The van der Waals surface area contributed by atoms with E-state index < -0.39 is 0 Å². The summed E-state index contributed by atoms with van der Waals surface area (Å²) in [4.78, 5) is 0. The molecule has 0 aliphatic heterocycles. The highest BCUT2D eigenvalue weighted by Gasteiger charge is 2.15. The van der Waals surface area contributed by atoms with Crippen LogP contribution in [-0.2, 0) is 6.54 Å². The summed E-state index contributed by atoms with van der Waals surface area (Å²) in [6, 6.07) is 0. The molecule has 80 valence electrons. The molecule has 1 aromatic heterocycles. The summed E-state index contributed by atoms with van der Waals surface area (Å²) in [6.07, 6.45) is 2.00. The Morgan fingerprint density at radius 1 is 1.36 bits per heavy atom. The Hall–Kier alpha value is -0.900. The molecular weight excluding hydrogens is 176 g/mol. The Kier molecular flexibility index (Phi) is 3.63. The number of rotatable bonds is 5. The van der Waals surface area contributed by atoms with Crippen molar-refractivity contribution in [3.8, 4) is 0 Å². The summed E-state index contributed by atoms with van der Waals surface area (Å²) in [6.45, 7) is 10.9. The highest BCUT2D eigenvalue weighted by molar-refractivity contribution is 4.86. The third-order valence-electron chi connectivity index (χ3n) is 3.05. The number of hydrogen-bond acceptors (Lipinski definition) is 2. The smallest absolute Gasteiger partial charge is 0.0984 e. The molecule has 0 aliphatic carbocycles. The highest BCUT2D eigenvalue weighted by atomic mass is 15.4. The van der Waals surface area contributed by atoms with Gasteiger partial charge in [0.1, 0.15) is 0 Å². The molecule has 0 bridgehead atoms. The lowest BCUT2D eigenvalue weighted by atomic mass is 10.4. The number of hydrogen-bond donors (Lipinski definition) is 0. The third-order valence-corrected chi connectivity index (χ3v) is 3.05. The van der Waals surface area contributed by atoms with E-state index in [1.807, 2.05) is 17.8 Å². The Balaban J connectivity index is 2.47. The second kappa shape index (κ2) is 4.55. The van der Waals surface area contributed by atoms with Crippen molar-refractivity contribution in [2.75, 3.05) is 26.7 Å². The molecule has 0 aliphatic rings. The Morgan fingerprint density at radius 3 is 2.43 bits per heavy atom. The average Bonchev–Trinajstić information content (AvgIpc) is 2.61. The second-order valence-corrected chi connectivity index (χ2v) is 4.10. The van der Waals surface area contributed by atoms with Crippen LogP contribution in [0.4, 0.5) is 0 Å². The SMILES string of the molecule is CC[N+](C)(CC)CCn1cc(C)nn1. The predicted molar refractivity (Wildman–Crippen MR) is 56.9 cm³/mol. The summed E-state index contributed by atoms with van der Waals surface area (Å²) < 4.78 is 3.02. The summed E-state index contributed by atoms with van der Waals surface area (Å²) in [5, 5.41) is 8.02. The van der Waals surface area contributed by atoms with E-state index in [1.54, 1.807) is 0 Å². The molecule has 0 atom stereocenters. The van der Waals surface area contributed by atoms with Crippen LogP contribution in [0.2, 0.25) is 0 Å². The minimum Gasteiger partial charge on any atom is -0.325 e. The molecule has 1 aromatic rings. The van der Waals surface area contributed by atoms with Gasteiger partial charge in [0, 0.05) is 6.20 Å². The van der Waals surface area contributed by atoms with Gasteiger partial charge in [-0.3, -0.25) is 0 Å². The van der Waals surface area contributed by atoms with Crippen molar-refractivity contribution in [3.05, 3.63) is 11.9 Å². The molecule has 14 heavy (non-hydrogen) atoms. The minimum absolute atomic E-state index is 0.957. The molecular formula is C10H21N4+. The van der Waals surface area contributed by atoms with Gasteiger partial charge in [-0.05, 0) is 20.8 Å². The van der Waals surface area contributed by atoms with Gasteiger partial charge in [0.05, 0.1) is 38.9 Å². The molecule has 0 saturated carbocycles. The van der Waals surface area contributed by atoms with Gasteiger partial charge in [0.15, 0.2) is 0 Å². The fourth-order valence-corrected chi connectivity index (χ4v) is 1.39. The zero-order valence-corrected chi connectivity index (χ0v) is 9.69. The first-order valence-electron chi connectivity index (χ1n) is 5.30. The van der Waals surface area contributed by atoms with Crippen LogP contribution in [-0.4, -0.2) is 46.2 Å². The minimum atomic E-state index is 0.957. The predicted octanol–water partition coefficient (Wildman–Crippen LogP) is 1.07. The van der Waals surface area contributed by atoms with Crippen molar-refractivity contribution in [3.63, 3.8) is 0 Å². The van der Waals surface area contributed by atoms with Gasteiger partial charge >= 0.3 is 0 Å². The molecule has 0 radical (unpaired) electrons. The fraction of sp³-hybridized carbons (Fsp3) is 0.800. The van der Waals surface area contributed by atoms with Gasteiger partial charge in [-0.1, -0.05) is 5.21 Å². The molecule has 0 saturated heterocycles. The van der Waals surface area contributed by atoms with E-state index in [9.17, 15) is 0 Å². The Morgan fingerprint density at radius 2 is 2.00 bits per heavy atom. The van der Waals surface area contributed by atoms with Crippen molar-refractivity contribution in [2.45, 2.75) is 27.3 Å². The maximum Gasteiger partial charge on any atom is 0.0984 e. The third kappa shape index (κ3) is 2.80. The first-order valence-corrected chi connectivity index (χ1v) is 5.30. The number of nitrogens with zero attached hydrogens (tertiary/aromatic N) is 4. The zero-order valence-electron chi connectivity index (χ0n) is 9.69. The monoisotopic (exact) mass is 197 g/mol. The maximum atomic E-state index is 4.04. The van der Waals surface area contributed by atoms with Gasteiger partial charge in [0.25, 0.3) is 0 Å². The van der Waals surface area contributed by atoms with Crippen molar-refractivity contribution in [1.82, 2.24) is 15.0 Å². The van der Waals surface area contributed by atoms with E-state index in [2.05, 4.69) is 31.2 Å². The van der Waals surface area contributed by atoms with Crippen LogP contribution in [0.15, 0.2) is 6.20 Å². The van der Waals surface area contributed by atoms with E-state index >= 15 is 0 Å². The fourth-order valence-electron chi connectivity index (χ4n) is 1.39. The molecule has 0 spiro atoms. The van der Waals surface area contributed by atoms with E-state index in [4.69, 9.17) is 0 Å². The van der Waals surface area contributed by atoms with Crippen LogP contribution in [0.5, 0.6) is 0 Å². The van der Waals surface area contributed by atoms with E-state index in [0.29, 0.717) is 0 Å². The number of aromatic nitrogens is 3. The second-order valence-electron chi connectivity index (χ2n) is 4.10. The number of aryl methyl sites for hydroxylation is 1. The van der Waals surface area contributed by atoms with Crippen molar-refractivity contribution >= 4 is 0 Å². The normalized spacial score (nSPS) is 12.0. The van der Waals surface area contributed by atoms with Crippen LogP contribution in [0.1, 0.15) is 19.5 Å². The summed E-state index contributed by atoms with van der Waals surface area (Å²) in [5.74, 6) is 0. The van der Waals surface area contributed by atoms with E-state index in [-0.39, 0.29) is 0 Å². The molecule has 4 heteroatoms. The Bertz CT molecular complexity index is 275. The van der Waals surface area contributed by atoms with Gasteiger partial charge in [-0.25, -0.2) is 4.68 Å². The maximum absolute atomic E-state index is 4.04. The lowest BCUT2D eigenvalue weighted by Crippen LogP contribution is -2.45. The highest BCUT2D eigenvalue weighted by Crippen LogP contribution is 2.01. The molecule has 0 unspecified atom stereocenters. The molecule has 0 aromatic carbocycles. The molecule has 4 nitrogen and oxygen atoms in total. The quantitative estimate of drug-likeness (QED) is 0.661. The topological polar surface area (TPSA) is 30.7 Å². The summed E-state index contributed by atoms with van der Waals surface area (Å²) in [7, 11) is 2.28. The van der Waals surface area contributed by atoms with Crippen LogP contribution in [0.25, 0.3) is 0 Å². The van der Waals surface area contributed by atoms with Gasteiger partial charge in [-0.15, -0.1) is 5.10 Å². The largest absolute Gasteiger partial charge is 0.325 e. The molecule has 1 heterocycles. The lowest BCUT2D eigenvalue weighted by Gasteiger charge is -2.31. The lowest BCUT2D eigenvalue weighted by molar-refractivity contribution is -0.906. The first-order chi connectivity index (χ1) is 6.59. The van der Waals surface area contributed by atoms with Crippen LogP contribution < -0.4 is 0 Å². The molecule has 0 N–H and O–H groups in total. The zero-order chi connectivity index (χ0) is 10.6. The van der Waals surface area contributed by atoms with Gasteiger partial charge in [-0.2, -0.15) is 0 Å².